The molecule has 0 fully saturated rings. The molecule has 2 nitrogen and oxygen atoms in total. The fraction of sp³-hybridized carbons (Fsp3) is 0.571. The average molecular weight is 287 g/mol. The first-order valence-electron chi connectivity index (χ1n) is 6.38. The zero-order chi connectivity index (χ0) is 13.4. The molecule has 0 aliphatic carbocycles. The molecule has 0 saturated heterocycles. The van der Waals surface area contributed by atoms with Crippen LogP contribution in [-0.2, 0) is 6.54 Å². The summed E-state index contributed by atoms with van der Waals surface area (Å²) < 4.78 is 0. The Morgan fingerprint density at radius 2 is 2.17 bits per heavy atom. The van der Waals surface area contributed by atoms with Gasteiger partial charge in [-0.05, 0) is 42.7 Å². The Kier molecular flexibility index (Phi) is 7.56. The minimum atomic E-state index is 0.844. The summed E-state index contributed by atoms with van der Waals surface area (Å²) in [4.78, 5) is 2.23. The van der Waals surface area contributed by atoms with E-state index in [1.165, 1.54) is 17.7 Å². The molecule has 1 aromatic rings. The van der Waals surface area contributed by atoms with Gasteiger partial charge in [-0.25, -0.2) is 0 Å². The predicted octanol–water partition coefficient (Wildman–Crippen LogP) is 3.64. The smallest absolute Gasteiger partial charge is 0.0642 e. The second-order valence-corrected chi connectivity index (χ2v) is 5.73. The lowest BCUT2D eigenvalue weighted by Crippen LogP contribution is -2.19. The third kappa shape index (κ3) is 5.09. The Balaban J connectivity index is 2.60. The Bertz CT molecular complexity index is 358. The molecular formula is C14H23ClN2S. The first kappa shape index (κ1) is 15.7. The summed E-state index contributed by atoms with van der Waals surface area (Å²) in [5.74, 6) is 1.19. The van der Waals surface area contributed by atoms with Crippen LogP contribution in [0.2, 0.25) is 5.02 Å². The van der Waals surface area contributed by atoms with Gasteiger partial charge in [-0.3, -0.25) is 0 Å². The van der Waals surface area contributed by atoms with E-state index in [9.17, 15) is 0 Å². The van der Waals surface area contributed by atoms with E-state index in [2.05, 4.69) is 48.6 Å². The van der Waals surface area contributed by atoms with Crippen LogP contribution in [0.4, 0.5) is 5.69 Å². The topological polar surface area (TPSA) is 15.3 Å². The number of hydrogen-bond donors (Lipinski definition) is 1. The molecule has 0 radical (unpaired) electrons. The van der Waals surface area contributed by atoms with E-state index in [4.69, 9.17) is 11.6 Å². The predicted molar refractivity (Wildman–Crippen MR) is 85.1 cm³/mol. The van der Waals surface area contributed by atoms with Crippen LogP contribution >= 0.6 is 23.4 Å². The summed E-state index contributed by atoms with van der Waals surface area (Å²) in [5, 5.41) is 4.15. The maximum atomic E-state index is 6.34. The number of hydrogen-bond acceptors (Lipinski definition) is 3. The molecular weight excluding hydrogens is 264 g/mol. The van der Waals surface area contributed by atoms with Gasteiger partial charge in [-0.15, -0.1) is 0 Å². The monoisotopic (exact) mass is 286 g/mol. The highest BCUT2D eigenvalue weighted by atomic mass is 35.5. The number of halogens is 1. The number of nitrogens with zero attached hydrogens (tertiary/aromatic N) is 1. The van der Waals surface area contributed by atoms with Gasteiger partial charge in [0.15, 0.2) is 0 Å². The fourth-order valence-electron chi connectivity index (χ4n) is 1.81. The lowest BCUT2D eigenvalue weighted by molar-refractivity contribution is 0.726. The molecule has 0 saturated carbocycles. The Labute approximate surface area is 120 Å². The summed E-state index contributed by atoms with van der Waals surface area (Å²) in [7, 11) is 2.10. The molecule has 1 aromatic carbocycles. The number of thioether (sulfide) groups is 1. The van der Waals surface area contributed by atoms with Gasteiger partial charge < -0.3 is 10.2 Å². The summed E-state index contributed by atoms with van der Waals surface area (Å²) >= 11 is 8.23. The van der Waals surface area contributed by atoms with Crippen molar-refractivity contribution in [2.75, 3.05) is 37.0 Å². The van der Waals surface area contributed by atoms with E-state index in [1.807, 2.05) is 11.8 Å². The van der Waals surface area contributed by atoms with E-state index < -0.39 is 0 Å². The largest absolute Gasteiger partial charge is 0.373 e. The van der Waals surface area contributed by atoms with Crippen LogP contribution in [0.25, 0.3) is 0 Å². The fourth-order valence-corrected chi connectivity index (χ4v) is 2.57. The van der Waals surface area contributed by atoms with Crippen LogP contribution in [-0.4, -0.2) is 32.1 Å². The molecule has 4 heteroatoms. The number of benzene rings is 1. The Hall–Kier alpha value is -0.380. The van der Waals surface area contributed by atoms with Crippen molar-refractivity contribution in [2.24, 2.45) is 0 Å². The standard InChI is InChI=1S/C14H23ClN2S/c1-4-16-11-12-6-7-14(13(15)10-12)17(2)8-5-9-18-3/h6-7,10,16H,4-5,8-9,11H2,1-3H3. The molecule has 18 heavy (non-hydrogen) atoms. The van der Waals surface area contributed by atoms with E-state index in [0.717, 1.165) is 30.3 Å². The van der Waals surface area contributed by atoms with Crippen molar-refractivity contribution in [3.63, 3.8) is 0 Å². The van der Waals surface area contributed by atoms with Crippen LogP contribution in [0, 0.1) is 0 Å². The van der Waals surface area contributed by atoms with Gasteiger partial charge in [-0.1, -0.05) is 24.6 Å². The third-order valence-corrected chi connectivity index (χ3v) is 3.84. The second-order valence-electron chi connectivity index (χ2n) is 4.33. The summed E-state index contributed by atoms with van der Waals surface area (Å²) in [6.45, 7) is 5.02. The number of anilines is 1. The highest BCUT2D eigenvalue weighted by molar-refractivity contribution is 7.98. The van der Waals surface area contributed by atoms with Crippen molar-refractivity contribution >= 4 is 29.1 Å². The maximum absolute atomic E-state index is 6.34. The second kappa shape index (κ2) is 8.68. The average Bonchev–Trinajstić information content (AvgIpc) is 2.36. The van der Waals surface area contributed by atoms with Gasteiger partial charge in [0, 0.05) is 20.1 Å². The van der Waals surface area contributed by atoms with Gasteiger partial charge in [-0.2, -0.15) is 11.8 Å². The quantitative estimate of drug-likeness (QED) is 0.735. The number of nitrogens with one attached hydrogen (secondary N) is 1. The molecule has 0 bridgehead atoms. The SMILES string of the molecule is CCNCc1ccc(N(C)CCCSC)c(Cl)c1. The first-order chi connectivity index (χ1) is 8.69. The van der Waals surface area contributed by atoms with Crippen molar-refractivity contribution in [2.45, 2.75) is 19.9 Å². The number of rotatable bonds is 8. The van der Waals surface area contributed by atoms with Crippen molar-refractivity contribution in [1.29, 1.82) is 0 Å². The van der Waals surface area contributed by atoms with Gasteiger partial charge in [0.25, 0.3) is 0 Å². The van der Waals surface area contributed by atoms with E-state index in [1.54, 1.807) is 0 Å². The van der Waals surface area contributed by atoms with Gasteiger partial charge in [0.05, 0.1) is 10.7 Å². The van der Waals surface area contributed by atoms with Crippen LogP contribution in [0.15, 0.2) is 18.2 Å². The van der Waals surface area contributed by atoms with Crippen molar-refractivity contribution in [1.82, 2.24) is 5.32 Å². The molecule has 0 amide bonds. The molecule has 1 rings (SSSR count). The molecule has 102 valence electrons. The van der Waals surface area contributed by atoms with Crippen LogP contribution < -0.4 is 10.2 Å². The molecule has 0 unspecified atom stereocenters. The maximum Gasteiger partial charge on any atom is 0.0642 e. The van der Waals surface area contributed by atoms with Gasteiger partial charge in [0.1, 0.15) is 0 Å². The minimum absolute atomic E-state index is 0.844. The van der Waals surface area contributed by atoms with Gasteiger partial charge >= 0.3 is 0 Å². The highest BCUT2D eigenvalue weighted by Gasteiger charge is 2.06. The summed E-state index contributed by atoms with van der Waals surface area (Å²) in [6.07, 6.45) is 3.33. The summed E-state index contributed by atoms with van der Waals surface area (Å²) in [5.41, 5.74) is 2.36. The molecule has 0 aliphatic rings. The molecule has 0 aliphatic heterocycles. The molecule has 0 aromatic heterocycles. The zero-order valence-corrected chi connectivity index (χ0v) is 13.1. The molecule has 0 spiro atoms. The Morgan fingerprint density at radius 3 is 2.78 bits per heavy atom. The molecule has 1 N–H and O–H groups in total. The van der Waals surface area contributed by atoms with Crippen LogP contribution in [0.5, 0.6) is 0 Å². The van der Waals surface area contributed by atoms with Crippen molar-refractivity contribution in [3.8, 4) is 0 Å². The van der Waals surface area contributed by atoms with Crippen LogP contribution in [0.1, 0.15) is 18.9 Å². The van der Waals surface area contributed by atoms with E-state index in [-0.39, 0.29) is 0 Å². The normalized spacial score (nSPS) is 10.7. The first-order valence-corrected chi connectivity index (χ1v) is 8.15. The Morgan fingerprint density at radius 1 is 1.39 bits per heavy atom. The zero-order valence-electron chi connectivity index (χ0n) is 11.5. The lowest BCUT2D eigenvalue weighted by Gasteiger charge is -2.21. The highest BCUT2D eigenvalue weighted by Crippen LogP contribution is 2.26. The molecule has 0 heterocycles. The van der Waals surface area contributed by atoms with Crippen molar-refractivity contribution < 1.29 is 0 Å². The molecule has 0 atom stereocenters. The third-order valence-electron chi connectivity index (χ3n) is 2.84. The van der Waals surface area contributed by atoms with E-state index in [0.29, 0.717) is 0 Å². The van der Waals surface area contributed by atoms with Gasteiger partial charge in [0.2, 0.25) is 0 Å². The van der Waals surface area contributed by atoms with E-state index >= 15 is 0 Å². The minimum Gasteiger partial charge on any atom is -0.373 e. The summed E-state index contributed by atoms with van der Waals surface area (Å²) in [6, 6.07) is 6.33. The van der Waals surface area contributed by atoms with Crippen molar-refractivity contribution in [3.05, 3.63) is 28.8 Å². The lowest BCUT2D eigenvalue weighted by atomic mass is 10.2. The van der Waals surface area contributed by atoms with Crippen LogP contribution in [0.3, 0.4) is 0 Å².